The Labute approximate surface area is 256 Å². The first-order chi connectivity index (χ1) is 21.1. The van der Waals surface area contributed by atoms with Crippen molar-refractivity contribution in [3.05, 3.63) is 66.0 Å². The topological polar surface area (TPSA) is 98.6 Å². The summed E-state index contributed by atoms with van der Waals surface area (Å²) in [6.07, 6.45) is 6.42. The number of halogens is 3. The first kappa shape index (κ1) is 34.5. The minimum Gasteiger partial charge on any atom is -0.490 e. The number of alkyl halides is 3. The number of hydrogen-bond acceptors (Lipinski definition) is 6. The van der Waals surface area contributed by atoms with Crippen molar-refractivity contribution in [3.63, 3.8) is 0 Å². The molecule has 0 aliphatic rings. The molecule has 44 heavy (non-hydrogen) atoms. The van der Waals surface area contributed by atoms with Crippen LogP contribution in [0.2, 0.25) is 0 Å². The molecule has 0 saturated heterocycles. The number of carbonyl (C=O) groups is 2. The maximum atomic E-state index is 13.3. The van der Waals surface area contributed by atoms with Crippen molar-refractivity contribution in [2.75, 3.05) is 6.61 Å². The van der Waals surface area contributed by atoms with Gasteiger partial charge in [0.05, 0.1) is 30.1 Å². The third kappa shape index (κ3) is 10.6. The minimum absolute atomic E-state index is 0.00564. The molecule has 1 aromatic heterocycles. The smallest absolute Gasteiger partial charge is 0.425 e. The molecule has 2 aromatic carbocycles. The van der Waals surface area contributed by atoms with Gasteiger partial charge in [0.2, 0.25) is 0 Å². The SMILES string of the molecule is CCCCCCCCCCOc1cnc(-c2ccc(C(=O)O)c(-c3ccc(C(=O)O[C@@H](CCCC)C(F)(F)F)cc3)c2)nc1. The third-order valence-corrected chi connectivity index (χ3v) is 7.27. The van der Waals surface area contributed by atoms with E-state index in [2.05, 4.69) is 16.9 Å². The largest absolute Gasteiger partial charge is 0.490 e. The Morgan fingerprint density at radius 1 is 0.818 bits per heavy atom. The maximum Gasteiger partial charge on any atom is 0.425 e. The number of esters is 1. The molecule has 0 aliphatic carbocycles. The summed E-state index contributed by atoms with van der Waals surface area (Å²) >= 11 is 0. The van der Waals surface area contributed by atoms with E-state index in [-0.39, 0.29) is 24.0 Å². The number of nitrogens with zero attached hydrogens (tertiary/aromatic N) is 2. The number of carbonyl (C=O) groups excluding carboxylic acids is 1. The number of carboxylic acids is 1. The van der Waals surface area contributed by atoms with Gasteiger partial charge in [-0.25, -0.2) is 19.6 Å². The molecule has 1 heterocycles. The zero-order valence-corrected chi connectivity index (χ0v) is 25.4. The predicted octanol–water partition coefficient (Wildman–Crippen LogP) is 9.31. The zero-order valence-electron chi connectivity index (χ0n) is 25.4. The van der Waals surface area contributed by atoms with Gasteiger partial charge in [0.25, 0.3) is 0 Å². The molecule has 0 radical (unpaired) electrons. The molecule has 0 spiro atoms. The van der Waals surface area contributed by atoms with Crippen molar-refractivity contribution in [1.82, 2.24) is 9.97 Å². The number of carboxylic acid groups (broad SMARTS) is 1. The summed E-state index contributed by atoms with van der Waals surface area (Å²) in [5.74, 6) is -1.35. The first-order valence-electron chi connectivity index (χ1n) is 15.3. The summed E-state index contributed by atoms with van der Waals surface area (Å²) < 4.78 is 50.5. The van der Waals surface area contributed by atoms with Crippen LogP contribution in [0, 0.1) is 0 Å². The number of ether oxygens (including phenoxy) is 2. The summed E-state index contributed by atoms with van der Waals surface area (Å²) in [6, 6.07) is 10.2. The van der Waals surface area contributed by atoms with Gasteiger partial charge in [-0.3, -0.25) is 0 Å². The van der Waals surface area contributed by atoms with E-state index in [1.165, 1.54) is 68.9 Å². The predicted molar refractivity (Wildman–Crippen MR) is 163 cm³/mol. The van der Waals surface area contributed by atoms with Crippen LogP contribution < -0.4 is 4.74 Å². The zero-order chi connectivity index (χ0) is 32.0. The van der Waals surface area contributed by atoms with Gasteiger partial charge in [0.1, 0.15) is 0 Å². The summed E-state index contributed by atoms with van der Waals surface area (Å²) in [5.41, 5.74) is 1.28. The molecule has 7 nitrogen and oxygen atoms in total. The van der Waals surface area contributed by atoms with Crippen LogP contribution in [-0.4, -0.2) is 45.9 Å². The first-order valence-corrected chi connectivity index (χ1v) is 15.3. The molecule has 0 bridgehead atoms. The highest BCUT2D eigenvalue weighted by Crippen LogP contribution is 2.31. The van der Waals surface area contributed by atoms with Gasteiger partial charge >= 0.3 is 18.1 Å². The normalized spacial score (nSPS) is 12.1. The lowest BCUT2D eigenvalue weighted by molar-refractivity contribution is -0.206. The van der Waals surface area contributed by atoms with Crippen LogP contribution >= 0.6 is 0 Å². The molecule has 1 atom stereocenters. The van der Waals surface area contributed by atoms with E-state index >= 15 is 0 Å². The molecule has 10 heteroatoms. The molecule has 0 aliphatic heterocycles. The number of aromatic nitrogens is 2. The van der Waals surface area contributed by atoms with Crippen LogP contribution in [0.4, 0.5) is 13.2 Å². The number of benzene rings is 2. The van der Waals surface area contributed by atoms with Crippen molar-refractivity contribution in [2.24, 2.45) is 0 Å². The number of aromatic carboxylic acids is 1. The van der Waals surface area contributed by atoms with E-state index < -0.39 is 24.2 Å². The highest BCUT2D eigenvalue weighted by Gasteiger charge is 2.42. The van der Waals surface area contributed by atoms with E-state index in [1.807, 2.05) is 0 Å². The molecular weight excluding hydrogens is 573 g/mol. The Bertz CT molecular complexity index is 1330. The lowest BCUT2D eigenvalue weighted by Crippen LogP contribution is -2.33. The van der Waals surface area contributed by atoms with E-state index in [9.17, 15) is 27.9 Å². The van der Waals surface area contributed by atoms with Crippen LogP contribution in [0.15, 0.2) is 54.9 Å². The van der Waals surface area contributed by atoms with Crippen molar-refractivity contribution in [3.8, 4) is 28.3 Å². The molecule has 238 valence electrons. The molecule has 0 saturated carbocycles. The van der Waals surface area contributed by atoms with Gasteiger partial charge in [0, 0.05) is 5.56 Å². The summed E-state index contributed by atoms with van der Waals surface area (Å²) in [7, 11) is 0. The molecule has 0 unspecified atom stereocenters. The molecule has 0 amide bonds. The number of unbranched alkanes of at least 4 members (excludes halogenated alkanes) is 8. The summed E-state index contributed by atoms with van der Waals surface area (Å²) in [6.45, 7) is 4.54. The van der Waals surface area contributed by atoms with Gasteiger partial charge in [-0.1, -0.05) is 83.4 Å². The second-order valence-electron chi connectivity index (χ2n) is 10.8. The van der Waals surface area contributed by atoms with Crippen LogP contribution in [0.5, 0.6) is 5.75 Å². The van der Waals surface area contributed by atoms with Gasteiger partial charge in [0.15, 0.2) is 17.7 Å². The average molecular weight is 615 g/mol. The lowest BCUT2D eigenvalue weighted by atomic mass is 9.96. The third-order valence-electron chi connectivity index (χ3n) is 7.27. The quantitative estimate of drug-likeness (QED) is 0.113. The number of rotatable bonds is 18. The Kier molecular flexibility index (Phi) is 13.6. The fourth-order valence-corrected chi connectivity index (χ4v) is 4.74. The van der Waals surface area contributed by atoms with Crippen molar-refractivity contribution < 1.29 is 37.3 Å². The van der Waals surface area contributed by atoms with Crippen LogP contribution in [-0.2, 0) is 4.74 Å². The van der Waals surface area contributed by atoms with Crippen molar-refractivity contribution >= 4 is 11.9 Å². The second-order valence-corrected chi connectivity index (χ2v) is 10.8. The summed E-state index contributed by atoms with van der Waals surface area (Å²) in [4.78, 5) is 33.2. The molecule has 3 aromatic rings. The van der Waals surface area contributed by atoms with Gasteiger partial charge in [-0.2, -0.15) is 13.2 Å². The van der Waals surface area contributed by atoms with E-state index in [1.54, 1.807) is 31.5 Å². The summed E-state index contributed by atoms with van der Waals surface area (Å²) in [5, 5.41) is 9.77. The van der Waals surface area contributed by atoms with Gasteiger partial charge in [-0.05, 0) is 54.7 Å². The van der Waals surface area contributed by atoms with Gasteiger partial charge < -0.3 is 14.6 Å². The fourth-order valence-electron chi connectivity index (χ4n) is 4.74. The molecule has 1 N–H and O–H groups in total. The number of hydrogen-bond donors (Lipinski definition) is 1. The molecular formula is C34H41F3N2O5. The van der Waals surface area contributed by atoms with Crippen LogP contribution in [0.3, 0.4) is 0 Å². The molecule has 3 rings (SSSR count). The molecule has 0 fully saturated rings. The monoisotopic (exact) mass is 614 g/mol. The minimum atomic E-state index is -4.67. The average Bonchev–Trinajstić information content (AvgIpc) is 3.01. The lowest BCUT2D eigenvalue weighted by Gasteiger charge is -2.20. The maximum absolute atomic E-state index is 13.3. The highest BCUT2D eigenvalue weighted by molar-refractivity contribution is 5.97. The van der Waals surface area contributed by atoms with Crippen molar-refractivity contribution in [2.45, 2.75) is 96.8 Å². The second kappa shape index (κ2) is 17.4. The van der Waals surface area contributed by atoms with Crippen molar-refractivity contribution in [1.29, 1.82) is 0 Å². The Morgan fingerprint density at radius 2 is 1.41 bits per heavy atom. The highest BCUT2D eigenvalue weighted by atomic mass is 19.4. The standard InChI is InChI=1S/C34H41F3N2O5/c1-3-5-7-8-9-10-11-12-20-43-27-22-38-31(39-23-27)26-18-19-28(32(40)41)29(21-26)24-14-16-25(17-15-24)33(42)44-30(13-6-4-2)34(35,36)37/h14-19,21-23,30H,3-13,20H2,1-2H3,(H,40,41)/t30-/m0/s1. The van der Waals surface area contributed by atoms with Gasteiger partial charge in [-0.15, -0.1) is 0 Å². The van der Waals surface area contributed by atoms with E-state index in [0.717, 1.165) is 12.8 Å². The fraction of sp³-hybridized carbons (Fsp3) is 0.471. The Hall–Kier alpha value is -3.95. The van der Waals surface area contributed by atoms with E-state index in [4.69, 9.17) is 9.47 Å². The van der Waals surface area contributed by atoms with Crippen LogP contribution in [0.1, 0.15) is 105 Å². The Morgan fingerprint density at radius 3 is 2.00 bits per heavy atom. The van der Waals surface area contributed by atoms with E-state index in [0.29, 0.717) is 41.3 Å². The van der Waals surface area contributed by atoms with Crippen LogP contribution in [0.25, 0.3) is 22.5 Å². The Balaban J connectivity index is 1.66.